The van der Waals surface area contributed by atoms with Gasteiger partial charge in [-0.3, -0.25) is 0 Å². The molecule has 118 valence electrons. The second kappa shape index (κ2) is 5.86. The highest BCUT2D eigenvalue weighted by atomic mass is 32.2. The van der Waals surface area contributed by atoms with Gasteiger partial charge < -0.3 is 9.64 Å². The molecule has 0 bridgehead atoms. The van der Waals surface area contributed by atoms with Crippen LogP contribution in [0.3, 0.4) is 0 Å². The van der Waals surface area contributed by atoms with Crippen LogP contribution in [-0.2, 0) is 10.0 Å². The number of nitrogens with two attached hydrogens (primary N) is 1. The molecule has 6 nitrogen and oxygen atoms in total. The molecule has 0 radical (unpaired) electrons. The van der Waals surface area contributed by atoms with Gasteiger partial charge in [0.15, 0.2) is 9.34 Å². The number of aromatic nitrogens is 1. The first-order valence-electron chi connectivity index (χ1n) is 6.85. The Labute approximate surface area is 133 Å². The zero-order chi connectivity index (χ0) is 15.7. The minimum absolute atomic E-state index is 0.107. The molecule has 0 amide bonds. The largest absolute Gasteiger partial charge is 0.497 e. The van der Waals surface area contributed by atoms with Crippen LogP contribution in [0.25, 0.3) is 0 Å². The number of primary sulfonamides is 1. The molecule has 2 N–H and O–H groups in total. The summed E-state index contributed by atoms with van der Waals surface area (Å²) in [4.78, 5) is 6.29. The van der Waals surface area contributed by atoms with E-state index >= 15 is 0 Å². The van der Waals surface area contributed by atoms with E-state index in [1.807, 2.05) is 12.1 Å². The molecule has 0 spiro atoms. The second-order valence-electron chi connectivity index (χ2n) is 5.21. The number of hydrogen-bond donors (Lipinski definition) is 1. The second-order valence-corrected chi connectivity index (χ2v) is 8.01. The van der Waals surface area contributed by atoms with Crippen LogP contribution in [0.2, 0.25) is 0 Å². The van der Waals surface area contributed by atoms with Crippen molar-refractivity contribution in [3.05, 3.63) is 36.0 Å². The summed E-state index contributed by atoms with van der Waals surface area (Å²) < 4.78 is 27.9. The van der Waals surface area contributed by atoms with Crippen molar-refractivity contribution in [2.45, 2.75) is 16.5 Å². The molecule has 3 rings (SSSR count). The van der Waals surface area contributed by atoms with Gasteiger partial charge in [-0.25, -0.2) is 18.5 Å². The zero-order valence-corrected chi connectivity index (χ0v) is 13.7. The van der Waals surface area contributed by atoms with E-state index < -0.39 is 10.0 Å². The van der Waals surface area contributed by atoms with Crippen LogP contribution in [0.5, 0.6) is 5.75 Å². The molecule has 1 aromatic carbocycles. The van der Waals surface area contributed by atoms with Crippen molar-refractivity contribution < 1.29 is 13.2 Å². The molecule has 2 heterocycles. The number of sulfonamides is 1. The van der Waals surface area contributed by atoms with Gasteiger partial charge in [-0.05, 0) is 24.1 Å². The Kier molecular flexibility index (Phi) is 4.07. The molecule has 1 aliphatic heterocycles. The Balaban J connectivity index is 1.73. The predicted molar refractivity (Wildman–Crippen MR) is 86.1 cm³/mol. The third-order valence-corrected chi connectivity index (χ3v) is 6.26. The summed E-state index contributed by atoms with van der Waals surface area (Å²) in [5.41, 5.74) is 1.26. The van der Waals surface area contributed by atoms with Gasteiger partial charge in [-0.1, -0.05) is 23.5 Å². The molecular formula is C14H17N3O3S2. The van der Waals surface area contributed by atoms with E-state index in [1.165, 1.54) is 11.8 Å². The molecule has 0 aliphatic carbocycles. The number of ether oxygens (including phenoxy) is 1. The fourth-order valence-electron chi connectivity index (χ4n) is 2.61. The van der Waals surface area contributed by atoms with Crippen molar-refractivity contribution in [1.82, 2.24) is 4.98 Å². The molecule has 1 aromatic heterocycles. The molecule has 8 heteroatoms. The maximum atomic E-state index is 11.3. The number of hydrogen-bond acceptors (Lipinski definition) is 6. The van der Waals surface area contributed by atoms with E-state index in [2.05, 4.69) is 22.0 Å². The van der Waals surface area contributed by atoms with Gasteiger partial charge in [0.05, 0.1) is 13.3 Å². The highest BCUT2D eigenvalue weighted by molar-refractivity contribution is 7.91. The number of anilines is 1. The SMILES string of the molecule is COc1ccc(C2CCN(c3ncc(S(N)(=O)=O)s3)C2)cc1. The smallest absolute Gasteiger partial charge is 0.249 e. The highest BCUT2D eigenvalue weighted by Gasteiger charge is 2.26. The highest BCUT2D eigenvalue weighted by Crippen LogP contribution is 2.34. The van der Waals surface area contributed by atoms with Crippen molar-refractivity contribution in [2.75, 3.05) is 25.1 Å². The summed E-state index contributed by atoms with van der Waals surface area (Å²) in [5.74, 6) is 1.25. The van der Waals surface area contributed by atoms with Crippen molar-refractivity contribution in [2.24, 2.45) is 5.14 Å². The van der Waals surface area contributed by atoms with E-state index in [1.54, 1.807) is 7.11 Å². The lowest BCUT2D eigenvalue weighted by Gasteiger charge is -2.15. The van der Waals surface area contributed by atoms with Crippen LogP contribution >= 0.6 is 11.3 Å². The summed E-state index contributed by atoms with van der Waals surface area (Å²) in [6.07, 6.45) is 2.34. The molecule has 2 aromatic rings. The lowest BCUT2D eigenvalue weighted by Crippen LogP contribution is -2.18. The van der Waals surface area contributed by atoms with Crippen LogP contribution < -0.4 is 14.8 Å². The Morgan fingerprint density at radius 3 is 2.68 bits per heavy atom. The molecular weight excluding hydrogens is 322 g/mol. The predicted octanol–water partition coefficient (Wildman–Crippen LogP) is 1.79. The average molecular weight is 339 g/mol. The molecule has 1 atom stereocenters. The first-order valence-corrected chi connectivity index (χ1v) is 9.21. The van der Waals surface area contributed by atoms with Crippen molar-refractivity contribution in [1.29, 1.82) is 0 Å². The molecule has 1 fully saturated rings. The quantitative estimate of drug-likeness (QED) is 0.918. The summed E-state index contributed by atoms with van der Waals surface area (Å²) in [7, 11) is -2.02. The van der Waals surface area contributed by atoms with Gasteiger partial charge in [-0.15, -0.1) is 0 Å². The fourth-order valence-corrected chi connectivity index (χ4v) is 4.18. The van der Waals surface area contributed by atoms with Crippen LogP contribution in [0.1, 0.15) is 17.9 Å². The number of benzene rings is 1. The van der Waals surface area contributed by atoms with Gasteiger partial charge >= 0.3 is 0 Å². The van der Waals surface area contributed by atoms with Gasteiger partial charge in [0.2, 0.25) is 10.0 Å². The third-order valence-electron chi connectivity index (χ3n) is 3.80. The zero-order valence-electron chi connectivity index (χ0n) is 12.1. The molecule has 22 heavy (non-hydrogen) atoms. The Morgan fingerprint density at radius 1 is 1.36 bits per heavy atom. The first kappa shape index (κ1) is 15.3. The molecule has 1 unspecified atom stereocenters. The lowest BCUT2D eigenvalue weighted by molar-refractivity contribution is 0.414. The topological polar surface area (TPSA) is 85.5 Å². The van der Waals surface area contributed by atoms with Gasteiger partial charge in [0.1, 0.15) is 5.75 Å². The normalized spacial score (nSPS) is 18.6. The summed E-state index contributed by atoms with van der Waals surface area (Å²) in [5, 5.41) is 5.84. The van der Waals surface area contributed by atoms with Crippen LogP contribution in [0.15, 0.2) is 34.7 Å². The number of rotatable bonds is 4. The van der Waals surface area contributed by atoms with E-state index in [0.29, 0.717) is 11.0 Å². The first-order chi connectivity index (χ1) is 10.5. The van der Waals surface area contributed by atoms with Crippen LogP contribution in [0.4, 0.5) is 5.13 Å². The molecule has 1 saturated heterocycles. The number of nitrogens with zero attached hydrogens (tertiary/aromatic N) is 2. The number of methoxy groups -OCH3 is 1. The van der Waals surface area contributed by atoms with E-state index in [9.17, 15) is 8.42 Å². The Morgan fingerprint density at radius 2 is 2.09 bits per heavy atom. The monoisotopic (exact) mass is 339 g/mol. The third kappa shape index (κ3) is 3.08. The lowest BCUT2D eigenvalue weighted by atomic mass is 9.98. The van der Waals surface area contributed by atoms with Crippen LogP contribution in [-0.4, -0.2) is 33.6 Å². The Bertz CT molecular complexity index is 756. The molecule has 0 saturated carbocycles. The maximum absolute atomic E-state index is 11.3. The van der Waals surface area contributed by atoms with E-state index in [-0.39, 0.29) is 4.21 Å². The van der Waals surface area contributed by atoms with Crippen LogP contribution in [0, 0.1) is 0 Å². The van der Waals surface area contributed by atoms with Gasteiger partial charge in [-0.2, -0.15) is 0 Å². The summed E-state index contributed by atoms with van der Waals surface area (Å²) >= 11 is 1.12. The van der Waals surface area contributed by atoms with Crippen molar-refractivity contribution in [3.8, 4) is 5.75 Å². The van der Waals surface area contributed by atoms with Gasteiger partial charge in [0, 0.05) is 19.0 Å². The standard InChI is InChI=1S/C14H17N3O3S2/c1-20-12-4-2-10(3-5-12)11-6-7-17(9-11)14-16-8-13(21-14)22(15,18)19/h2-5,8,11H,6-7,9H2,1H3,(H2,15,18,19). The Hall–Kier alpha value is -1.64. The maximum Gasteiger partial charge on any atom is 0.249 e. The fraction of sp³-hybridized carbons (Fsp3) is 0.357. The van der Waals surface area contributed by atoms with E-state index in [4.69, 9.17) is 9.88 Å². The number of thiazole rings is 1. The van der Waals surface area contributed by atoms with Crippen molar-refractivity contribution >= 4 is 26.5 Å². The minimum atomic E-state index is -3.67. The average Bonchev–Trinajstić information content (AvgIpc) is 3.15. The summed E-state index contributed by atoms with van der Waals surface area (Å²) in [6, 6.07) is 8.07. The minimum Gasteiger partial charge on any atom is -0.497 e. The van der Waals surface area contributed by atoms with Gasteiger partial charge in [0.25, 0.3) is 0 Å². The summed E-state index contributed by atoms with van der Waals surface area (Å²) in [6.45, 7) is 1.68. The van der Waals surface area contributed by atoms with Crippen molar-refractivity contribution in [3.63, 3.8) is 0 Å². The van der Waals surface area contributed by atoms with E-state index in [0.717, 1.165) is 36.6 Å². The molecule has 1 aliphatic rings.